The van der Waals surface area contributed by atoms with Crippen molar-refractivity contribution in [2.45, 2.75) is 84.7 Å². The number of hydrogen-bond donors (Lipinski definition) is 1. The van der Waals surface area contributed by atoms with Gasteiger partial charge in [0.15, 0.2) is 8.32 Å². The lowest BCUT2D eigenvalue weighted by atomic mass is 9.99. The van der Waals surface area contributed by atoms with Crippen LogP contribution in [-0.4, -0.2) is 31.4 Å². The summed E-state index contributed by atoms with van der Waals surface area (Å²) in [7, 11) is -1.90. The SMILES string of the molecule is C/C=C/[C@H](CC(=O)C[C@@H](O)C(C)C)O[Si](C)(C)C(C)(C)C. The van der Waals surface area contributed by atoms with E-state index in [1.54, 1.807) is 0 Å². The fraction of sp³-hybridized carbons (Fsp3) is 0.824. The molecule has 0 aromatic heterocycles. The van der Waals surface area contributed by atoms with Gasteiger partial charge in [0.2, 0.25) is 0 Å². The molecule has 0 fully saturated rings. The third-order valence-corrected chi connectivity index (χ3v) is 8.80. The summed E-state index contributed by atoms with van der Waals surface area (Å²) in [5.41, 5.74) is 0. The van der Waals surface area contributed by atoms with Crippen molar-refractivity contribution in [3.63, 3.8) is 0 Å². The summed E-state index contributed by atoms with van der Waals surface area (Å²) in [6.45, 7) is 16.7. The van der Waals surface area contributed by atoms with Crippen molar-refractivity contribution in [3.05, 3.63) is 12.2 Å². The van der Waals surface area contributed by atoms with Crippen molar-refractivity contribution in [2.24, 2.45) is 5.92 Å². The Hall–Kier alpha value is -0.453. The van der Waals surface area contributed by atoms with Crippen molar-refractivity contribution in [3.8, 4) is 0 Å². The minimum atomic E-state index is -1.90. The predicted molar refractivity (Wildman–Crippen MR) is 92.0 cm³/mol. The average Bonchev–Trinajstić information content (AvgIpc) is 2.26. The maximum Gasteiger partial charge on any atom is 0.192 e. The molecule has 1 N–H and O–H groups in total. The van der Waals surface area contributed by atoms with Crippen LogP contribution in [0.25, 0.3) is 0 Å². The summed E-state index contributed by atoms with van der Waals surface area (Å²) in [5, 5.41) is 9.95. The lowest BCUT2D eigenvalue weighted by Crippen LogP contribution is -2.44. The second kappa shape index (κ2) is 8.25. The summed E-state index contributed by atoms with van der Waals surface area (Å²) in [6, 6.07) is 0. The van der Waals surface area contributed by atoms with Gasteiger partial charge in [-0.05, 0) is 31.0 Å². The molecule has 0 saturated carbocycles. The summed E-state index contributed by atoms with van der Waals surface area (Å²) >= 11 is 0. The van der Waals surface area contributed by atoms with Crippen LogP contribution in [0.5, 0.6) is 0 Å². The zero-order valence-corrected chi connectivity index (χ0v) is 16.1. The third-order valence-electron chi connectivity index (χ3n) is 4.29. The molecular weight excluding hydrogens is 280 g/mol. The monoisotopic (exact) mass is 314 g/mol. The van der Waals surface area contributed by atoms with Gasteiger partial charge in [0, 0.05) is 12.8 Å². The first-order chi connectivity index (χ1) is 9.40. The molecule has 0 amide bonds. The van der Waals surface area contributed by atoms with Crippen LogP contribution in [0.15, 0.2) is 12.2 Å². The Bertz CT molecular complexity index is 354. The first-order valence-corrected chi connectivity index (χ1v) is 10.8. The second-order valence-corrected chi connectivity index (χ2v) is 12.5. The van der Waals surface area contributed by atoms with E-state index in [0.29, 0.717) is 6.42 Å². The lowest BCUT2D eigenvalue weighted by molar-refractivity contribution is -0.122. The Labute approximate surface area is 131 Å². The number of rotatable bonds is 8. The molecule has 0 bridgehead atoms. The van der Waals surface area contributed by atoms with Crippen LogP contribution in [-0.2, 0) is 9.22 Å². The van der Waals surface area contributed by atoms with Gasteiger partial charge < -0.3 is 9.53 Å². The number of aliphatic hydroxyl groups is 1. The van der Waals surface area contributed by atoms with Gasteiger partial charge in [-0.15, -0.1) is 0 Å². The molecule has 0 radical (unpaired) electrons. The van der Waals surface area contributed by atoms with Crippen molar-refractivity contribution >= 4 is 14.1 Å². The van der Waals surface area contributed by atoms with Gasteiger partial charge in [-0.2, -0.15) is 0 Å². The Morgan fingerprint density at radius 1 is 1.24 bits per heavy atom. The van der Waals surface area contributed by atoms with E-state index in [-0.39, 0.29) is 29.3 Å². The molecule has 0 rings (SSSR count). The van der Waals surface area contributed by atoms with Gasteiger partial charge in [0.1, 0.15) is 5.78 Å². The molecule has 0 unspecified atom stereocenters. The van der Waals surface area contributed by atoms with E-state index in [1.807, 2.05) is 32.9 Å². The summed E-state index contributed by atoms with van der Waals surface area (Å²) in [5.74, 6) is 0.174. The van der Waals surface area contributed by atoms with Gasteiger partial charge in [0.25, 0.3) is 0 Å². The van der Waals surface area contributed by atoms with E-state index in [4.69, 9.17) is 4.43 Å². The van der Waals surface area contributed by atoms with Gasteiger partial charge in [0.05, 0.1) is 12.2 Å². The van der Waals surface area contributed by atoms with Crippen LogP contribution in [0.1, 0.15) is 54.4 Å². The molecule has 0 aliphatic carbocycles. The summed E-state index contributed by atoms with van der Waals surface area (Å²) < 4.78 is 6.31. The van der Waals surface area contributed by atoms with Gasteiger partial charge in [-0.25, -0.2) is 0 Å². The van der Waals surface area contributed by atoms with Crippen molar-refractivity contribution in [1.29, 1.82) is 0 Å². The lowest BCUT2D eigenvalue weighted by Gasteiger charge is -2.38. The standard InChI is InChI=1S/C17H34O3Si/c1-9-10-15(20-21(7,8)17(4,5)6)11-14(18)12-16(19)13(2)3/h9-10,13,15-16,19H,11-12H2,1-8H3/b10-9+/t15-,16-/m1/s1. The van der Waals surface area contributed by atoms with Crippen molar-refractivity contribution < 1.29 is 14.3 Å². The van der Waals surface area contributed by atoms with Crippen LogP contribution in [0, 0.1) is 5.92 Å². The van der Waals surface area contributed by atoms with E-state index in [1.165, 1.54) is 0 Å². The predicted octanol–water partition coefficient (Wildman–Crippen LogP) is 4.32. The minimum absolute atomic E-state index is 0.0676. The molecule has 0 spiro atoms. The maximum atomic E-state index is 12.1. The number of allylic oxidation sites excluding steroid dienone is 1. The molecule has 21 heavy (non-hydrogen) atoms. The normalized spacial score (nSPS) is 16.5. The highest BCUT2D eigenvalue weighted by molar-refractivity contribution is 6.74. The number of carbonyl (C=O) groups is 1. The molecule has 0 aliphatic rings. The summed E-state index contributed by atoms with van der Waals surface area (Å²) in [6.07, 6.45) is 3.72. The van der Waals surface area contributed by atoms with E-state index >= 15 is 0 Å². The maximum absolute atomic E-state index is 12.1. The van der Waals surface area contributed by atoms with Crippen molar-refractivity contribution in [1.82, 2.24) is 0 Å². The van der Waals surface area contributed by atoms with Crippen LogP contribution in [0.3, 0.4) is 0 Å². The largest absolute Gasteiger partial charge is 0.410 e. The third kappa shape index (κ3) is 7.39. The Morgan fingerprint density at radius 2 is 1.76 bits per heavy atom. The Morgan fingerprint density at radius 3 is 2.14 bits per heavy atom. The van der Waals surface area contributed by atoms with Crippen LogP contribution >= 0.6 is 0 Å². The molecule has 0 aromatic carbocycles. The quantitative estimate of drug-likeness (QED) is 0.536. The highest BCUT2D eigenvalue weighted by Crippen LogP contribution is 2.37. The van der Waals surface area contributed by atoms with Crippen LogP contribution < -0.4 is 0 Å². The number of hydrogen-bond acceptors (Lipinski definition) is 3. The highest BCUT2D eigenvalue weighted by Gasteiger charge is 2.39. The van der Waals surface area contributed by atoms with E-state index in [0.717, 1.165) is 0 Å². The molecule has 2 atom stereocenters. The first kappa shape index (κ1) is 20.5. The minimum Gasteiger partial charge on any atom is -0.410 e. The van der Waals surface area contributed by atoms with E-state index in [9.17, 15) is 9.90 Å². The van der Waals surface area contributed by atoms with Crippen LogP contribution in [0.2, 0.25) is 18.1 Å². The van der Waals surface area contributed by atoms with Gasteiger partial charge in [-0.1, -0.05) is 46.8 Å². The zero-order chi connectivity index (χ0) is 16.8. The Balaban J connectivity index is 4.75. The van der Waals surface area contributed by atoms with Gasteiger partial charge in [-0.3, -0.25) is 4.79 Å². The Kier molecular flexibility index (Phi) is 8.07. The van der Waals surface area contributed by atoms with E-state index < -0.39 is 14.4 Å². The number of aliphatic hydroxyl groups excluding tert-OH is 1. The average molecular weight is 315 g/mol. The fourth-order valence-electron chi connectivity index (χ4n) is 1.70. The smallest absolute Gasteiger partial charge is 0.192 e. The van der Waals surface area contributed by atoms with Crippen molar-refractivity contribution in [2.75, 3.05) is 0 Å². The number of carbonyl (C=O) groups excluding carboxylic acids is 1. The fourth-order valence-corrected chi connectivity index (χ4v) is 2.97. The highest BCUT2D eigenvalue weighted by atomic mass is 28.4. The molecule has 124 valence electrons. The summed E-state index contributed by atoms with van der Waals surface area (Å²) in [4.78, 5) is 12.1. The first-order valence-electron chi connectivity index (χ1n) is 7.91. The van der Waals surface area contributed by atoms with Crippen LogP contribution in [0.4, 0.5) is 0 Å². The van der Waals surface area contributed by atoms with Gasteiger partial charge >= 0.3 is 0 Å². The molecule has 0 saturated heterocycles. The molecule has 4 heteroatoms. The number of ketones is 1. The topological polar surface area (TPSA) is 46.5 Å². The molecule has 0 heterocycles. The number of Topliss-reactive ketones (excluding diaryl/α,β-unsaturated/α-hetero) is 1. The second-order valence-electron chi connectivity index (χ2n) is 7.70. The van der Waals surface area contributed by atoms with E-state index in [2.05, 4.69) is 33.9 Å². The zero-order valence-electron chi connectivity index (χ0n) is 15.1. The molecule has 3 nitrogen and oxygen atoms in total. The molecule has 0 aliphatic heterocycles. The molecule has 0 aromatic rings. The molecular formula is C17H34O3Si.